The molecular formula is C16H24N2O. The van der Waals surface area contributed by atoms with Crippen LogP contribution in [0.25, 0.3) is 0 Å². The van der Waals surface area contributed by atoms with Crippen molar-refractivity contribution >= 4 is 5.91 Å². The quantitative estimate of drug-likeness (QED) is 0.884. The number of carbonyl (C=O) groups excluding carboxylic acids is 1. The van der Waals surface area contributed by atoms with Crippen molar-refractivity contribution in [3.05, 3.63) is 35.9 Å². The van der Waals surface area contributed by atoms with Crippen LogP contribution in [0.4, 0.5) is 0 Å². The van der Waals surface area contributed by atoms with Gasteiger partial charge in [-0.1, -0.05) is 30.3 Å². The number of nitrogens with zero attached hydrogens (tertiary/aromatic N) is 1. The summed E-state index contributed by atoms with van der Waals surface area (Å²) >= 11 is 0. The molecule has 1 amide bonds. The lowest BCUT2D eigenvalue weighted by atomic mass is 9.83. The Morgan fingerprint density at radius 2 is 2.00 bits per heavy atom. The van der Waals surface area contributed by atoms with E-state index in [0.717, 1.165) is 31.6 Å². The molecule has 0 spiro atoms. The van der Waals surface area contributed by atoms with Crippen LogP contribution in [0.2, 0.25) is 0 Å². The fourth-order valence-electron chi connectivity index (χ4n) is 2.66. The molecule has 1 fully saturated rings. The van der Waals surface area contributed by atoms with Crippen LogP contribution in [0.1, 0.15) is 32.8 Å². The average molecular weight is 260 g/mol. The molecule has 0 aromatic heterocycles. The summed E-state index contributed by atoms with van der Waals surface area (Å²) in [6.45, 7) is 8.83. The first kappa shape index (κ1) is 14.1. The molecule has 1 aliphatic rings. The number of rotatable bonds is 2. The average Bonchev–Trinajstić information content (AvgIpc) is 2.63. The van der Waals surface area contributed by atoms with Gasteiger partial charge >= 0.3 is 0 Å². The highest BCUT2D eigenvalue weighted by Gasteiger charge is 2.34. The van der Waals surface area contributed by atoms with Crippen molar-refractivity contribution in [2.45, 2.75) is 38.6 Å². The number of hydrogen-bond acceptors (Lipinski definition) is 2. The number of carbonyl (C=O) groups is 1. The van der Waals surface area contributed by atoms with E-state index in [-0.39, 0.29) is 5.91 Å². The predicted molar refractivity (Wildman–Crippen MR) is 78.1 cm³/mol. The van der Waals surface area contributed by atoms with E-state index in [2.05, 4.69) is 12.2 Å². The van der Waals surface area contributed by atoms with Crippen molar-refractivity contribution < 1.29 is 4.79 Å². The van der Waals surface area contributed by atoms with Gasteiger partial charge in [-0.15, -0.1) is 0 Å². The van der Waals surface area contributed by atoms with Gasteiger partial charge in [0.15, 0.2) is 0 Å². The van der Waals surface area contributed by atoms with Crippen LogP contribution < -0.4 is 5.32 Å². The van der Waals surface area contributed by atoms with Crippen LogP contribution in [0, 0.1) is 0 Å². The molecule has 0 saturated carbocycles. The topological polar surface area (TPSA) is 32.3 Å². The van der Waals surface area contributed by atoms with Crippen LogP contribution in [-0.4, -0.2) is 36.5 Å². The van der Waals surface area contributed by atoms with Crippen molar-refractivity contribution in [1.29, 1.82) is 0 Å². The van der Waals surface area contributed by atoms with Gasteiger partial charge in [0.2, 0.25) is 5.91 Å². The van der Waals surface area contributed by atoms with E-state index >= 15 is 0 Å². The number of hydrogen-bond donors (Lipinski definition) is 1. The largest absolute Gasteiger partial charge is 0.340 e. The Kier molecular flexibility index (Phi) is 4.25. The lowest BCUT2D eigenvalue weighted by Crippen LogP contribution is -2.46. The zero-order valence-electron chi connectivity index (χ0n) is 12.1. The van der Waals surface area contributed by atoms with Gasteiger partial charge in [0.05, 0.1) is 5.41 Å². The minimum Gasteiger partial charge on any atom is -0.340 e. The SMILES string of the molecule is CC1CN(C(=O)C(C)(C)c2ccccc2)CCCN1. The second-order valence-electron chi connectivity index (χ2n) is 5.95. The highest BCUT2D eigenvalue weighted by Crippen LogP contribution is 2.26. The van der Waals surface area contributed by atoms with Gasteiger partial charge in [0.25, 0.3) is 0 Å². The lowest BCUT2D eigenvalue weighted by molar-refractivity contribution is -0.136. The van der Waals surface area contributed by atoms with Crippen molar-refractivity contribution in [2.24, 2.45) is 0 Å². The molecule has 1 heterocycles. The highest BCUT2D eigenvalue weighted by atomic mass is 16.2. The Morgan fingerprint density at radius 1 is 1.32 bits per heavy atom. The molecule has 1 aromatic rings. The fourth-order valence-corrected chi connectivity index (χ4v) is 2.66. The summed E-state index contributed by atoms with van der Waals surface area (Å²) in [4.78, 5) is 14.8. The smallest absolute Gasteiger partial charge is 0.232 e. The maximum absolute atomic E-state index is 12.8. The zero-order valence-corrected chi connectivity index (χ0v) is 12.1. The predicted octanol–water partition coefficient (Wildman–Crippen LogP) is 2.17. The summed E-state index contributed by atoms with van der Waals surface area (Å²) in [5.41, 5.74) is 0.635. The normalized spacial score (nSPS) is 21.0. The molecule has 3 heteroatoms. The number of nitrogens with one attached hydrogen (secondary N) is 1. The molecule has 3 nitrogen and oxygen atoms in total. The third-order valence-corrected chi connectivity index (χ3v) is 3.91. The Labute approximate surface area is 116 Å². The Morgan fingerprint density at radius 3 is 2.68 bits per heavy atom. The lowest BCUT2D eigenvalue weighted by Gasteiger charge is -2.32. The van der Waals surface area contributed by atoms with E-state index < -0.39 is 5.41 Å². The van der Waals surface area contributed by atoms with Crippen LogP contribution in [0.3, 0.4) is 0 Å². The van der Waals surface area contributed by atoms with Gasteiger partial charge in [-0.05, 0) is 39.3 Å². The van der Waals surface area contributed by atoms with Gasteiger partial charge in [-0.3, -0.25) is 4.79 Å². The maximum atomic E-state index is 12.8. The summed E-state index contributed by atoms with van der Waals surface area (Å²) in [6, 6.07) is 10.4. The summed E-state index contributed by atoms with van der Waals surface area (Å²) in [5.74, 6) is 0.231. The maximum Gasteiger partial charge on any atom is 0.232 e. The van der Waals surface area contributed by atoms with Crippen LogP contribution in [0.5, 0.6) is 0 Å². The number of benzene rings is 1. The first-order valence-electron chi connectivity index (χ1n) is 7.10. The van der Waals surface area contributed by atoms with Gasteiger partial charge in [0.1, 0.15) is 0 Å². The first-order valence-corrected chi connectivity index (χ1v) is 7.10. The van der Waals surface area contributed by atoms with E-state index in [0.29, 0.717) is 6.04 Å². The molecule has 1 N–H and O–H groups in total. The molecule has 19 heavy (non-hydrogen) atoms. The molecule has 1 unspecified atom stereocenters. The molecule has 0 radical (unpaired) electrons. The van der Waals surface area contributed by atoms with E-state index in [4.69, 9.17) is 0 Å². The van der Waals surface area contributed by atoms with Crippen LogP contribution >= 0.6 is 0 Å². The van der Waals surface area contributed by atoms with E-state index in [1.807, 2.05) is 49.1 Å². The molecule has 1 aromatic carbocycles. The molecule has 0 bridgehead atoms. The third-order valence-electron chi connectivity index (χ3n) is 3.91. The van der Waals surface area contributed by atoms with Crippen molar-refractivity contribution in [2.75, 3.05) is 19.6 Å². The minimum atomic E-state index is -0.453. The fraction of sp³-hybridized carbons (Fsp3) is 0.562. The third kappa shape index (κ3) is 3.16. The minimum absolute atomic E-state index is 0.231. The Balaban J connectivity index is 2.17. The molecule has 0 aliphatic carbocycles. The summed E-state index contributed by atoms with van der Waals surface area (Å²) in [7, 11) is 0. The Bertz CT molecular complexity index is 428. The molecule has 2 rings (SSSR count). The molecule has 1 aliphatic heterocycles. The number of amides is 1. The van der Waals surface area contributed by atoms with Gasteiger partial charge in [-0.2, -0.15) is 0 Å². The summed E-state index contributed by atoms with van der Waals surface area (Å²) < 4.78 is 0. The van der Waals surface area contributed by atoms with Gasteiger partial charge in [-0.25, -0.2) is 0 Å². The van der Waals surface area contributed by atoms with E-state index in [1.165, 1.54) is 0 Å². The van der Waals surface area contributed by atoms with E-state index in [9.17, 15) is 4.79 Å². The molecule has 1 atom stereocenters. The summed E-state index contributed by atoms with van der Waals surface area (Å²) in [5, 5.41) is 3.43. The van der Waals surface area contributed by atoms with Crippen LogP contribution in [0.15, 0.2) is 30.3 Å². The zero-order chi connectivity index (χ0) is 13.9. The van der Waals surface area contributed by atoms with Crippen LogP contribution in [-0.2, 0) is 10.2 Å². The van der Waals surface area contributed by atoms with Crippen molar-refractivity contribution in [3.8, 4) is 0 Å². The first-order chi connectivity index (χ1) is 9.01. The van der Waals surface area contributed by atoms with E-state index in [1.54, 1.807) is 0 Å². The second kappa shape index (κ2) is 5.74. The van der Waals surface area contributed by atoms with Crippen molar-refractivity contribution in [1.82, 2.24) is 10.2 Å². The molecule has 104 valence electrons. The summed E-state index contributed by atoms with van der Waals surface area (Å²) in [6.07, 6.45) is 1.03. The van der Waals surface area contributed by atoms with Gasteiger partial charge in [0, 0.05) is 19.1 Å². The second-order valence-corrected chi connectivity index (χ2v) is 5.95. The molecular weight excluding hydrogens is 236 g/mol. The Hall–Kier alpha value is -1.35. The van der Waals surface area contributed by atoms with Gasteiger partial charge < -0.3 is 10.2 Å². The molecule has 1 saturated heterocycles. The monoisotopic (exact) mass is 260 g/mol. The highest BCUT2D eigenvalue weighted by molar-refractivity contribution is 5.87. The van der Waals surface area contributed by atoms with Crippen molar-refractivity contribution in [3.63, 3.8) is 0 Å². The standard InChI is InChI=1S/C16H24N2O/c1-13-12-18(11-7-10-17-13)15(19)16(2,3)14-8-5-4-6-9-14/h4-6,8-9,13,17H,7,10-12H2,1-3H3.